The predicted octanol–water partition coefficient (Wildman–Crippen LogP) is 6.47. The molecule has 0 saturated carbocycles. The fourth-order valence-corrected chi connectivity index (χ4v) is 6.96. The largest absolute Gasteiger partial charge is 0.497 e. The number of likely N-dealkylation sites (N-methyl/N-ethyl adjacent to an activating group) is 1. The minimum Gasteiger partial charge on any atom is -0.497 e. The molecule has 290 valence electrons. The van der Waals surface area contributed by atoms with Crippen LogP contribution in [0.5, 0.6) is 11.5 Å². The fraction of sp³-hybridized carbons (Fsp3) is 0.459. The lowest BCUT2D eigenvalue weighted by molar-refractivity contribution is -0.137. The van der Waals surface area contributed by atoms with Crippen molar-refractivity contribution in [2.24, 2.45) is 5.92 Å². The molecule has 53 heavy (non-hydrogen) atoms. The number of fused-ring (bicyclic) bond motifs is 1. The van der Waals surface area contributed by atoms with Gasteiger partial charge in [0, 0.05) is 44.0 Å². The maximum atomic E-state index is 14.4. The second-order valence-corrected chi connectivity index (χ2v) is 15.2. The lowest BCUT2D eigenvalue weighted by Gasteiger charge is -2.35. The molecule has 3 N–H and O–H groups in total. The van der Waals surface area contributed by atoms with E-state index in [9.17, 15) is 36.3 Å². The number of benzene rings is 3. The molecular formula is C37H47F3N4O8S. The smallest absolute Gasteiger partial charge is 0.416 e. The van der Waals surface area contributed by atoms with Gasteiger partial charge < -0.3 is 34.9 Å². The number of methoxy groups -OCH3 is 1. The number of urea groups is 1. The Bertz CT molecular complexity index is 1790. The summed E-state index contributed by atoms with van der Waals surface area (Å²) in [6.45, 7) is 5.41. The van der Waals surface area contributed by atoms with Gasteiger partial charge in [-0.3, -0.25) is 4.79 Å². The lowest BCUT2D eigenvalue weighted by Crippen LogP contribution is -2.48. The Labute approximate surface area is 308 Å². The summed E-state index contributed by atoms with van der Waals surface area (Å²) in [5.74, 6) is -0.150. The van der Waals surface area contributed by atoms with Crippen molar-refractivity contribution in [3.05, 3.63) is 77.9 Å². The van der Waals surface area contributed by atoms with Crippen LogP contribution in [0.2, 0.25) is 0 Å². The second-order valence-electron chi connectivity index (χ2n) is 13.1. The van der Waals surface area contributed by atoms with Crippen molar-refractivity contribution in [1.82, 2.24) is 9.21 Å². The van der Waals surface area contributed by atoms with Gasteiger partial charge in [-0.2, -0.15) is 17.5 Å². The summed E-state index contributed by atoms with van der Waals surface area (Å²) in [5.41, 5.74) is -0.430. The Balaban J connectivity index is 1.60. The van der Waals surface area contributed by atoms with Gasteiger partial charge in [0.2, 0.25) is 10.0 Å². The summed E-state index contributed by atoms with van der Waals surface area (Å²) < 4.78 is 84.8. The topological polar surface area (TPSA) is 147 Å². The van der Waals surface area contributed by atoms with Crippen LogP contribution in [0.15, 0.2) is 71.6 Å². The molecule has 0 aliphatic carbocycles. The van der Waals surface area contributed by atoms with E-state index in [1.807, 2.05) is 13.8 Å². The summed E-state index contributed by atoms with van der Waals surface area (Å²) in [5, 5.41) is 15.3. The van der Waals surface area contributed by atoms with Crippen molar-refractivity contribution in [2.75, 3.05) is 51.1 Å². The van der Waals surface area contributed by atoms with Crippen LogP contribution in [0.3, 0.4) is 0 Å². The average molecular weight is 765 g/mol. The number of carbonyl (C=O) groups is 2. The van der Waals surface area contributed by atoms with E-state index < -0.39 is 51.8 Å². The molecule has 4 atom stereocenters. The van der Waals surface area contributed by atoms with E-state index in [4.69, 9.17) is 14.2 Å². The molecule has 16 heteroatoms. The van der Waals surface area contributed by atoms with Gasteiger partial charge in [-0.25, -0.2) is 13.2 Å². The number of ether oxygens (including phenoxy) is 3. The average Bonchev–Trinajstić information content (AvgIpc) is 3.12. The van der Waals surface area contributed by atoms with E-state index in [1.54, 1.807) is 31.2 Å². The summed E-state index contributed by atoms with van der Waals surface area (Å²) in [4.78, 5) is 28.8. The third-order valence-electron chi connectivity index (χ3n) is 8.98. The van der Waals surface area contributed by atoms with Crippen LogP contribution < -0.4 is 20.1 Å². The summed E-state index contributed by atoms with van der Waals surface area (Å²) >= 11 is 0. The summed E-state index contributed by atoms with van der Waals surface area (Å²) in [6, 6.07) is 13.1. The normalized spacial score (nSPS) is 19.8. The number of amides is 3. The highest BCUT2D eigenvalue weighted by molar-refractivity contribution is 7.89. The number of alkyl halides is 3. The molecule has 1 heterocycles. The molecular weight excluding hydrogens is 717 g/mol. The van der Waals surface area contributed by atoms with Crippen LogP contribution >= 0.6 is 0 Å². The quantitative estimate of drug-likeness (QED) is 0.225. The van der Waals surface area contributed by atoms with Gasteiger partial charge in [0.25, 0.3) is 5.91 Å². The highest BCUT2D eigenvalue weighted by atomic mass is 32.2. The molecule has 12 nitrogen and oxygen atoms in total. The molecule has 1 aliphatic heterocycles. The number of aliphatic hydroxyl groups excluding tert-OH is 1. The second kappa shape index (κ2) is 18.1. The monoisotopic (exact) mass is 764 g/mol. The van der Waals surface area contributed by atoms with Crippen LogP contribution in [-0.4, -0.2) is 93.4 Å². The molecule has 1 aliphatic rings. The van der Waals surface area contributed by atoms with Crippen molar-refractivity contribution in [3.63, 3.8) is 0 Å². The third kappa shape index (κ3) is 11.1. The van der Waals surface area contributed by atoms with Crippen molar-refractivity contribution in [3.8, 4) is 11.5 Å². The number of rotatable bonds is 9. The van der Waals surface area contributed by atoms with E-state index in [0.717, 1.165) is 30.7 Å². The SMILES string of the molecule is COc1ccc(S(=O)(=O)N(C)C[C@@H]2OCCCC[C@@H](C)Oc3ccc(NC(=O)Nc4ccc(C(F)(F)F)cc4)cc3C(=O)N([C@H](C)CO)C[C@@H]2C)cc1. The summed E-state index contributed by atoms with van der Waals surface area (Å²) in [6.07, 6.45) is -3.45. The van der Waals surface area contributed by atoms with Gasteiger partial charge in [-0.05, 0) is 99.8 Å². The minimum atomic E-state index is -4.52. The van der Waals surface area contributed by atoms with Gasteiger partial charge in [0.1, 0.15) is 11.5 Å². The number of carbonyl (C=O) groups excluding carboxylic acids is 2. The Morgan fingerprint density at radius 1 is 1.04 bits per heavy atom. The van der Waals surface area contributed by atoms with Crippen LogP contribution in [-0.2, 0) is 20.9 Å². The molecule has 3 aromatic rings. The van der Waals surface area contributed by atoms with Crippen LogP contribution in [0.25, 0.3) is 0 Å². The standard InChI is InChI=1S/C37H47F3N4O8S/c1-24-21-44(25(2)23-45)35(46)32-20-29(42-36(47)41-28-11-9-27(10-12-28)37(38,39)40)13-18-33(32)52-26(3)8-6-7-19-51-34(24)22-43(4)53(48,49)31-16-14-30(50-5)15-17-31/h9-18,20,24-26,34,45H,6-8,19,21-23H2,1-5H3,(H2,41,42,47)/t24-,25+,26+,34-/m0/s1. The summed E-state index contributed by atoms with van der Waals surface area (Å²) in [7, 11) is -0.947. The Kier molecular flexibility index (Phi) is 14.1. The van der Waals surface area contributed by atoms with E-state index in [2.05, 4.69) is 10.6 Å². The van der Waals surface area contributed by atoms with Crippen molar-refractivity contribution < 1.29 is 50.5 Å². The first-order chi connectivity index (χ1) is 25.0. The predicted molar refractivity (Wildman–Crippen MR) is 194 cm³/mol. The number of hydrogen-bond donors (Lipinski definition) is 3. The Morgan fingerprint density at radius 2 is 1.68 bits per heavy atom. The molecule has 0 radical (unpaired) electrons. The first-order valence-corrected chi connectivity index (χ1v) is 18.7. The highest BCUT2D eigenvalue weighted by Gasteiger charge is 2.33. The van der Waals surface area contributed by atoms with Crippen LogP contribution in [0, 0.1) is 5.92 Å². The van der Waals surface area contributed by atoms with E-state index in [0.29, 0.717) is 25.2 Å². The Morgan fingerprint density at radius 3 is 2.30 bits per heavy atom. The zero-order valence-electron chi connectivity index (χ0n) is 30.4. The van der Waals surface area contributed by atoms with E-state index >= 15 is 0 Å². The number of nitrogens with zero attached hydrogens (tertiary/aromatic N) is 2. The molecule has 0 unspecified atom stereocenters. The Hall–Kier alpha value is -4.38. The first-order valence-electron chi connectivity index (χ1n) is 17.2. The molecule has 4 rings (SSSR count). The van der Waals surface area contributed by atoms with E-state index in [-0.39, 0.29) is 53.4 Å². The van der Waals surface area contributed by atoms with Gasteiger partial charge in [0.05, 0.1) is 48.0 Å². The van der Waals surface area contributed by atoms with Crippen molar-refractivity contribution in [1.29, 1.82) is 0 Å². The first kappa shape index (κ1) is 41.4. The maximum Gasteiger partial charge on any atom is 0.416 e. The van der Waals surface area contributed by atoms with Crippen molar-refractivity contribution >= 4 is 33.3 Å². The molecule has 0 spiro atoms. The molecule has 3 amide bonds. The van der Waals surface area contributed by atoms with Crippen LogP contribution in [0.1, 0.15) is 56.0 Å². The minimum absolute atomic E-state index is 0.0106. The number of sulfonamides is 1. The molecule has 3 aromatic carbocycles. The number of anilines is 2. The number of halogens is 3. The van der Waals surface area contributed by atoms with Gasteiger partial charge >= 0.3 is 12.2 Å². The lowest BCUT2D eigenvalue weighted by atomic mass is 10.0. The molecule has 0 fully saturated rings. The van der Waals surface area contributed by atoms with Gasteiger partial charge in [-0.1, -0.05) is 6.92 Å². The molecule has 0 bridgehead atoms. The van der Waals surface area contributed by atoms with Crippen LogP contribution in [0.4, 0.5) is 29.3 Å². The maximum absolute atomic E-state index is 14.4. The zero-order chi connectivity index (χ0) is 38.9. The zero-order valence-corrected chi connectivity index (χ0v) is 31.2. The molecule has 0 saturated heterocycles. The molecule has 0 aromatic heterocycles. The highest BCUT2D eigenvalue weighted by Crippen LogP contribution is 2.31. The third-order valence-corrected chi connectivity index (χ3v) is 10.8. The van der Waals surface area contributed by atoms with Crippen molar-refractivity contribution in [2.45, 2.75) is 69.4 Å². The van der Waals surface area contributed by atoms with E-state index in [1.165, 1.54) is 41.6 Å². The van der Waals surface area contributed by atoms with Gasteiger partial charge in [0.15, 0.2) is 0 Å². The fourth-order valence-electron chi connectivity index (χ4n) is 5.78. The van der Waals surface area contributed by atoms with Gasteiger partial charge in [-0.15, -0.1) is 0 Å². The number of nitrogens with one attached hydrogen (secondary N) is 2. The number of hydrogen-bond acceptors (Lipinski definition) is 8. The number of aliphatic hydroxyl groups is 1.